The molecule has 0 spiro atoms. The summed E-state index contributed by atoms with van der Waals surface area (Å²) in [5.41, 5.74) is 0. The highest BCUT2D eigenvalue weighted by Gasteiger charge is 2.98. The molecule has 0 heterocycles. The second kappa shape index (κ2) is 11.3. The molecule has 0 aromatic carbocycles. The third-order valence-electron chi connectivity index (χ3n) is 4.80. The summed E-state index contributed by atoms with van der Waals surface area (Å²) >= 11 is 0. The van der Waals surface area contributed by atoms with Crippen LogP contribution in [0.25, 0.3) is 0 Å². The largest absolute Gasteiger partial charge is 0.471 e. The van der Waals surface area contributed by atoms with Gasteiger partial charge in [-0.1, -0.05) is 0 Å². The maximum atomic E-state index is 13.8. The Balaban J connectivity index is 7.46. The zero-order valence-corrected chi connectivity index (χ0v) is 20.5. The molecule has 0 bridgehead atoms. The molecule has 0 saturated carbocycles. The van der Waals surface area contributed by atoms with E-state index in [0.717, 1.165) is 4.74 Å². The van der Waals surface area contributed by atoms with Crippen LogP contribution < -0.4 is 0 Å². The summed E-state index contributed by atoms with van der Waals surface area (Å²) in [5.74, 6) is -75.2. The molecule has 0 rings (SSSR count). The normalized spacial score (nSPS) is 17.4. The standard InChI is InChI=1S/C14HF27O5S/c15-1(16)2(17)45-13(38,39)10(32,11(33,34)35)46-12(36,37)8(28,29)6(24,25)4(20,21)3(18,19)5(22,23)7(26,27)9(30,31)14(40,41)47(42,43)44/h(H,42,43,44). The van der Waals surface area contributed by atoms with Crippen LogP contribution >= 0.6 is 0 Å². The van der Waals surface area contributed by atoms with Gasteiger partial charge in [0.2, 0.25) is 0 Å². The zero-order valence-electron chi connectivity index (χ0n) is 19.7. The smallest absolute Gasteiger partial charge is 0.398 e. The molecule has 282 valence electrons. The lowest BCUT2D eigenvalue weighted by atomic mass is 9.89. The quantitative estimate of drug-likeness (QED) is 0.109. The molecule has 0 fully saturated rings. The van der Waals surface area contributed by atoms with Gasteiger partial charge in [0.05, 0.1) is 0 Å². The average Bonchev–Trinajstić information content (AvgIpc) is 2.80. The molecule has 0 aliphatic carbocycles. The summed E-state index contributed by atoms with van der Waals surface area (Å²) in [7, 11) is -8.29. The van der Waals surface area contributed by atoms with Crippen molar-refractivity contribution in [3.8, 4) is 0 Å². The first kappa shape index (κ1) is 44.5. The van der Waals surface area contributed by atoms with Crippen LogP contribution in [0.2, 0.25) is 0 Å². The highest BCUT2D eigenvalue weighted by atomic mass is 32.2. The van der Waals surface area contributed by atoms with E-state index in [9.17, 15) is 127 Å². The highest BCUT2D eigenvalue weighted by molar-refractivity contribution is 7.87. The van der Waals surface area contributed by atoms with Crippen molar-refractivity contribution in [2.75, 3.05) is 0 Å². The van der Waals surface area contributed by atoms with Gasteiger partial charge in [-0.05, 0) is 0 Å². The van der Waals surface area contributed by atoms with Crippen LogP contribution in [0.1, 0.15) is 0 Å². The van der Waals surface area contributed by atoms with Gasteiger partial charge in [-0.2, -0.15) is 127 Å². The molecule has 0 aromatic heterocycles. The summed E-state index contributed by atoms with van der Waals surface area (Å²) in [6, 6.07) is -4.48. The van der Waals surface area contributed by atoms with Gasteiger partial charge in [-0.3, -0.25) is 9.29 Å². The highest BCUT2D eigenvalue weighted by Crippen LogP contribution is 2.66. The summed E-state index contributed by atoms with van der Waals surface area (Å²) < 4.78 is 388. The van der Waals surface area contributed by atoms with E-state index in [1.807, 2.05) is 0 Å². The average molecular weight is 794 g/mol. The van der Waals surface area contributed by atoms with Crippen LogP contribution in [0.15, 0.2) is 12.1 Å². The van der Waals surface area contributed by atoms with Crippen LogP contribution in [-0.2, 0) is 19.6 Å². The first-order valence-electron chi connectivity index (χ1n) is 9.39. The molecule has 1 atom stereocenters. The Hall–Kier alpha value is -2.48. The van der Waals surface area contributed by atoms with Gasteiger partial charge in [0.25, 0.3) is 0 Å². The number of hydrogen-bond acceptors (Lipinski definition) is 4. The molecule has 0 aromatic rings. The minimum absolute atomic E-state index is 0.892. The zero-order chi connectivity index (χ0) is 39.1. The Bertz CT molecular complexity index is 1310. The van der Waals surface area contributed by atoms with Crippen molar-refractivity contribution in [1.82, 2.24) is 0 Å². The second-order valence-electron chi connectivity index (χ2n) is 7.88. The van der Waals surface area contributed by atoms with Crippen molar-refractivity contribution in [2.45, 2.75) is 71.0 Å². The molecule has 0 aliphatic rings. The van der Waals surface area contributed by atoms with Gasteiger partial charge >= 0.3 is 93.2 Å². The summed E-state index contributed by atoms with van der Waals surface area (Å²) in [4.78, 5) is 0. The minimum atomic E-state index is -9.77. The Morgan fingerprint density at radius 2 is 0.723 bits per heavy atom. The summed E-state index contributed by atoms with van der Waals surface area (Å²) in [6.07, 6.45) is -29.9. The number of hydrogen-bond donors (Lipinski definition) is 1. The van der Waals surface area contributed by atoms with E-state index in [1.165, 1.54) is 4.74 Å². The lowest BCUT2D eigenvalue weighted by Crippen LogP contribution is -2.77. The van der Waals surface area contributed by atoms with E-state index < -0.39 is 93.2 Å². The van der Waals surface area contributed by atoms with Crippen LogP contribution in [0.3, 0.4) is 0 Å². The van der Waals surface area contributed by atoms with Crippen molar-refractivity contribution >= 4 is 10.1 Å². The van der Waals surface area contributed by atoms with Gasteiger partial charge in [0.15, 0.2) is 0 Å². The topological polar surface area (TPSA) is 72.8 Å². The molecule has 5 nitrogen and oxygen atoms in total. The first-order valence-corrected chi connectivity index (χ1v) is 10.8. The monoisotopic (exact) mass is 794 g/mol. The molecule has 47 heavy (non-hydrogen) atoms. The van der Waals surface area contributed by atoms with Crippen LogP contribution in [-0.4, -0.2) is 83.9 Å². The second-order valence-corrected chi connectivity index (χ2v) is 9.34. The molecule has 0 saturated heterocycles. The Labute approximate surface area is 235 Å². The van der Waals surface area contributed by atoms with Crippen molar-refractivity contribution in [1.29, 1.82) is 0 Å². The Kier molecular flexibility index (Phi) is 10.7. The Morgan fingerprint density at radius 3 is 0.979 bits per heavy atom. The number of alkyl halides is 24. The molecule has 0 amide bonds. The number of ether oxygens (including phenoxy) is 2. The van der Waals surface area contributed by atoms with E-state index >= 15 is 0 Å². The first-order chi connectivity index (χ1) is 19.8. The SMILES string of the molecule is O=S(=O)(O)C(F)(F)C(F)(F)C(F)(F)C(F)(F)C(F)(F)C(F)(F)C(F)(F)C(F)(F)C(F)(F)OC(F)(C(F)(F)F)C(F)(F)OC(F)=C(F)F. The van der Waals surface area contributed by atoms with E-state index in [0.29, 0.717) is 0 Å². The lowest BCUT2D eigenvalue weighted by molar-refractivity contribution is -0.537. The van der Waals surface area contributed by atoms with Gasteiger partial charge in [-0.25, -0.2) is 0 Å². The predicted octanol–water partition coefficient (Wildman–Crippen LogP) is 8.40. The minimum Gasteiger partial charge on any atom is -0.398 e. The van der Waals surface area contributed by atoms with Gasteiger partial charge in [-0.15, -0.1) is 0 Å². The maximum Gasteiger partial charge on any atom is 0.471 e. The summed E-state index contributed by atoms with van der Waals surface area (Å²) in [5, 5.41) is -8.26. The van der Waals surface area contributed by atoms with Gasteiger partial charge < -0.3 is 4.74 Å². The fourth-order valence-electron chi connectivity index (χ4n) is 2.25. The lowest BCUT2D eigenvalue weighted by Gasteiger charge is -2.44. The fourth-order valence-corrected chi connectivity index (χ4v) is 2.71. The van der Waals surface area contributed by atoms with Gasteiger partial charge in [0, 0.05) is 0 Å². The summed E-state index contributed by atoms with van der Waals surface area (Å²) in [6.45, 7) is 0. The van der Waals surface area contributed by atoms with Crippen LogP contribution in [0.5, 0.6) is 0 Å². The molecule has 33 heteroatoms. The molecule has 1 unspecified atom stereocenters. The van der Waals surface area contributed by atoms with Crippen molar-refractivity contribution in [2.24, 2.45) is 0 Å². The van der Waals surface area contributed by atoms with Crippen LogP contribution in [0.4, 0.5) is 119 Å². The molecular weight excluding hydrogens is 793 g/mol. The van der Waals surface area contributed by atoms with E-state index in [1.54, 1.807) is 0 Å². The third-order valence-corrected chi connectivity index (χ3v) is 5.70. The van der Waals surface area contributed by atoms with E-state index in [-0.39, 0.29) is 0 Å². The van der Waals surface area contributed by atoms with Crippen molar-refractivity contribution in [3.63, 3.8) is 0 Å². The van der Waals surface area contributed by atoms with Crippen molar-refractivity contribution in [3.05, 3.63) is 12.1 Å². The predicted molar refractivity (Wildman–Crippen MR) is 83.4 cm³/mol. The molecule has 1 N–H and O–H groups in total. The molecular formula is C14HF27O5S. The number of halogens is 27. The Morgan fingerprint density at radius 1 is 0.447 bits per heavy atom. The third kappa shape index (κ3) is 6.03. The molecule has 0 aliphatic heterocycles. The number of rotatable bonds is 14. The van der Waals surface area contributed by atoms with E-state index in [4.69, 9.17) is 4.55 Å². The van der Waals surface area contributed by atoms with Crippen LogP contribution in [0, 0.1) is 0 Å². The van der Waals surface area contributed by atoms with Crippen molar-refractivity contribution < 1.29 is 141 Å². The maximum absolute atomic E-state index is 13.8. The van der Waals surface area contributed by atoms with Gasteiger partial charge in [0.1, 0.15) is 0 Å². The molecule has 0 radical (unpaired) electrons. The van der Waals surface area contributed by atoms with E-state index in [2.05, 4.69) is 0 Å². The fraction of sp³-hybridized carbons (Fsp3) is 0.857.